The number of primary sulfonamides is 1. The first-order valence-electron chi connectivity index (χ1n) is 7.80. The van der Waals surface area contributed by atoms with Crippen LogP contribution in [0.25, 0.3) is 11.0 Å². The van der Waals surface area contributed by atoms with Gasteiger partial charge in [-0.15, -0.1) is 0 Å². The van der Waals surface area contributed by atoms with E-state index in [1.54, 1.807) is 17.0 Å². The molecular weight excluding hydrogens is 340 g/mol. The number of para-hydroxylation sites is 2. The Hall–Kier alpha value is -2.71. The molecule has 25 heavy (non-hydrogen) atoms. The van der Waals surface area contributed by atoms with E-state index in [1.165, 1.54) is 12.1 Å². The SMILES string of the molecule is NS(=O)(=O)c1ccc(N2CC(c3nc4ccccc4[nH]3)CC2=O)cc1. The Morgan fingerprint density at radius 3 is 2.52 bits per heavy atom. The van der Waals surface area contributed by atoms with Crippen molar-refractivity contribution in [3.05, 3.63) is 54.4 Å². The molecule has 0 saturated carbocycles. The van der Waals surface area contributed by atoms with Crippen LogP contribution >= 0.6 is 0 Å². The van der Waals surface area contributed by atoms with Gasteiger partial charge in [-0.1, -0.05) is 12.1 Å². The molecule has 0 bridgehead atoms. The molecule has 1 aliphatic heterocycles. The highest BCUT2D eigenvalue weighted by Gasteiger charge is 2.33. The number of fused-ring (bicyclic) bond motifs is 1. The largest absolute Gasteiger partial charge is 0.342 e. The Labute approximate surface area is 144 Å². The van der Waals surface area contributed by atoms with Gasteiger partial charge in [-0.25, -0.2) is 18.5 Å². The van der Waals surface area contributed by atoms with Crippen LogP contribution in [0.5, 0.6) is 0 Å². The van der Waals surface area contributed by atoms with Crippen LogP contribution in [0.2, 0.25) is 0 Å². The summed E-state index contributed by atoms with van der Waals surface area (Å²) in [6, 6.07) is 13.7. The molecule has 1 saturated heterocycles. The number of rotatable bonds is 3. The van der Waals surface area contributed by atoms with Crippen molar-refractivity contribution in [1.82, 2.24) is 9.97 Å². The lowest BCUT2D eigenvalue weighted by atomic mass is 10.1. The number of hydrogen-bond acceptors (Lipinski definition) is 4. The van der Waals surface area contributed by atoms with Gasteiger partial charge in [-0.05, 0) is 36.4 Å². The topological polar surface area (TPSA) is 109 Å². The van der Waals surface area contributed by atoms with Gasteiger partial charge in [-0.2, -0.15) is 0 Å². The fourth-order valence-electron chi connectivity index (χ4n) is 3.12. The molecule has 1 atom stereocenters. The zero-order chi connectivity index (χ0) is 17.6. The summed E-state index contributed by atoms with van der Waals surface area (Å²) in [4.78, 5) is 21.9. The van der Waals surface area contributed by atoms with Crippen LogP contribution in [0.1, 0.15) is 18.2 Å². The van der Waals surface area contributed by atoms with E-state index in [0.29, 0.717) is 18.7 Å². The number of sulfonamides is 1. The van der Waals surface area contributed by atoms with Crippen molar-refractivity contribution in [3.8, 4) is 0 Å². The summed E-state index contributed by atoms with van der Waals surface area (Å²) in [6.45, 7) is 0.493. The van der Waals surface area contributed by atoms with Crippen molar-refractivity contribution < 1.29 is 13.2 Å². The molecule has 0 radical (unpaired) electrons. The van der Waals surface area contributed by atoms with Crippen LogP contribution in [-0.2, 0) is 14.8 Å². The highest BCUT2D eigenvalue weighted by Crippen LogP contribution is 2.31. The summed E-state index contributed by atoms with van der Waals surface area (Å²) in [6.07, 6.45) is 0.358. The minimum atomic E-state index is -3.74. The van der Waals surface area contributed by atoms with Gasteiger partial charge in [0.2, 0.25) is 15.9 Å². The van der Waals surface area contributed by atoms with E-state index in [-0.39, 0.29) is 16.7 Å². The van der Waals surface area contributed by atoms with Crippen LogP contribution in [0.15, 0.2) is 53.4 Å². The third-order valence-corrected chi connectivity index (χ3v) is 5.33. The number of aromatic nitrogens is 2. The molecule has 1 unspecified atom stereocenters. The molecule has 1 aliphatic rings. The van der Waals surface area contributed by atoms with E-state index in [1.807, 2.05) is 24.3 Å². The van der Waals surface area contributed by atoms with Crippen molar-refractivity contribution in [1.29, 1.82) is 0 Å². The number of aromatic amines is 1. The van der Waals surface area contributed by atoms with E-state index < -0.39 is 10.0 Å². The average molecular weight is 356 g/mol. The number of H-pyrrole nitrogens is 1. The number of carbonyl (C=O) groups excluding carboxylic acids is 1. The second-order valence-corrected chi connectivity index (χ2v) is 7.64. The van der Waals surface area contributed by atoms with Crippen molar-refractivity contribution in [3.63, 3.8) is 0 Å². The number of benzene rings is 2. The maximum atomic E-state index is 12.4. The molecule has 2 aromatic carbocycles. The number of carbonyl (C=O) groups is 1. The van der Waals surface area contributed by atoms with Crippen molar-refractivity contribution >= 4 is 32.7 Å². The number of amides is 1. The summed E-state index contributed by atoms with van der Waals surface area (Å²) < 4.78 is 22.7. The molecule has 1 fully saturated rings. The number of hydrogen-bond donors (Lipinski definition) is 2. The summed E-state index contributed by atoms with van der Waals surface area (Å²) in [5, 5.41) is 5.10. The lowest BCUT2D eigenvalue weighted by molar-refractivity contribution is -0.117. The van der Waals surface area contributed by atoms with Gasteiger partial charge in [0.25, 0.3) is 0 Å². The first-order valence-corrected chi connectivity index (χ1v) is 9.34. The smallest absolute Gasteiger partial charge is 0.238 e. The minimum absolute atomic E-state index is 0.0196. The zero-order valence-electron chi connectivity index (χ0n) is 13.2. The molecule has 3 aromatic rings. The fourth-order valence-corrected chi connectivity index (χ4v) is 3.64. The normalized spacial score (nSPS) is 18.2. The van der Waals surface area contributed by atoms with E-state index in [2.05, 4.69) is 9.97 Å². The van der Waals surface area contributed by atoms with Gasteiger partial charge < -0.3 is 9.88 Å². The third kappa shape index (κ3) is 2.90. The van der Waals surface area contributed by atoms with Crippen LogP contribution in [0, 0.1) is 0 Å². The summed E-state index contributed by atoms with van der Waals surface area (Å²) in [5.74, 6) is 0.741. The molecule has 0 spiro atoms. The molecule has 2 heterocycles. The van der Waals surface area contributed by atoms with Crippen LogP contribution in [-0.4, -0.2) is 30.8 Å². The fraction of sp³-hybridized carbons (Fsp3) is 0.176. The van der Waals surface area contributed by atoms with E-state index in [4.69, 9.17) is 5.14 Å². The zero-order valence-corrected chi connectivity index (χ0v) is 14.0. The molecule has 3 N–H and O–H groups in total. The minimum Gasteiger partial charge on any atom is -0.342 e. The van der Waals surface area contributed by atoms with Gasteiger partial charge in [0.1, 0.15) is 5.82 Å². The Morgan fingerprint density at radius 1 is 1.12 bits per heavy atom. The number of anilines is 1. The molecule has 0 aliphatic carbocycles. The van der Waals surface area contributed by atoms with Gasteiger partial charge in [0, 0.05) is 24.6 Å². The Kier molecular flexibility index (Phi) is 3.59. The summed E-state index contributed by atoms with van der Waals surface area (Å²) >= 11 is 0. The first kappa shape index (κ1) is 15.8. The van der Waals surface area contributed by atoms with Crippen molar-refractivity contribution in [2.45, 2.75) is 17.2 Å². The molecule has 7 nitrogen and oxygen atoms in total. The number of imidazole rings is 1. The standard InChI is InChI=1S/C17H16N4O3S/c18-25(23,24)13-7-5-12(6-8-13)21-10-11(9-16(21)22)17-19-14-3-1-2-4-15(14)20-17/h1-8,11H,9-10H2,(H,19,20)(H2,18,23,24). The molecular formula is C17H16N4O3S. The van der Waals surface area contributed by atoms with Gasteiger partial charge >= 0.3 is 0 Å². The lowest BCUT2D eigenvalue weighted by Crippen LogP contribution is -2.24. The Balaban J connectivity index is 1.59. The first-order chi connectivity index (χ1) is 11.9. The van der Waals surface area contributed by atoms with Crippen LogP contribution in [0.4, 0.5) is 5.69 Å². The molecule has 1 amide bonds. The van der Waals surface area contributed by atoms with Crippen LogP contribution in [0.3, 0.4) is 0 Å². The summed E-state index contributed by atoms with van der Waals surface area (Å²) in [7, 11) is -3.74. The average Bonchev–Trinajstić information content (AvgIpc) is 3.17. The van der Waals surface area contributed by atoms with Gasteiger partial charge in [0.15, 0.2) is 0 Å². The van der Waals surface area contributed by atoms with Crippen LogP contribution < -0.4 is 10.0 Å². The number of nitrogens with two attached hydrogens (primary N) is 1. The van der Waals surface area contributed by atoms with Crippen molar-refractivity contribution in [2.24, 2.45) is 5.14 Å². The summed E-state index contributed by atoms with van der Waals surface area (Å²) in [5.41, 5.74) is 2.47. The third-order valence-electron chi connectivity index (χ3n) is 4.40. The van der Waals surface area contributed by atoms with E-state index in [0.717, 1.165) is 16.9 Å². The highest BCUT2D eigenvalue weighted by molar-refractivity contribution is 7.89. The molecule has 8 heteroatoms. The van der Waals surface area contributed by atoms with E-state index >= 15 is 0 Å². The lowest BCUT2D eigenvalue weighted by Gasteiger charge is -2.16. The molecule has 1 aromatic heterocycles. The van der Waals surface area contributed by atoms with Crippen molar-refractivity contribution in [2.75, 3.05) is 11.4 Å². The monoisotopic (exact) mass is 356 g/mol. The number of nitrogens with one attached hydrogen (secondary N) is 1. The van der Waals surface area contributed by atoms with E-state index in [9.17, 15) is 13.2 Å². The molecule has 128 valence electrons. The van der Waals surface area contributed by atoms with Gasteiger partial charge in [-0.3, -0.25) is 4.79 Å². The maximum absolute atomic E-state index is 12.4. The number of nitrogens with zero attached hydrogens (tertiary/aromatic N) is 2. The maximum Gasteiger partial charge on any atom is 0.238 e. The predicted molar refractivity (Wildman–Crippen MR) is 93.6 cm³/mol. The highest BCUT2D eigenvalue weighted by atomic mass is 32.2. The quantitative estimate of drug-likeness (QED) is 0.745. The Bertz CT molecular complexity index is 1020. The second kappa shape index (κ2) is 5.68. The Morgan fingerprint density at radius 2 is 1.84 bits per heavy atom. The molecule has 4 rings (SSSR count). The predicted octanol–water partition coefficient (Wildman–Crippen LogP) is 1.73. The second-order valence-electron chi connectivity index (χ2n) is 6.08. The van der Waals surface area contributed by atoms with Gasteiger partial charge in [0.05, 0.1) is 15.9 Å².